The highest BCUT2D eigenvalue weighted by Gasteiger charge is 2.26. The van der Waals surface area contributed by atoms with Gasteiger partial charge in [0.25, 0.3) is 0 Å². The lowest BCUT2D eigenvalue weighted by Gasteiger charge is -2.37. The van der Waals surface area contributed by atoms with Crippen LogP contribution in [0.5, 0.6) is 0 Å². The number of hydrogen-bond acceptors (Lipinski definition) is 8. The minimum absolute atomic E-state index is 0.243. The van der Waals surface area contributed by atoms with Crippen LogP contribution in [0.1, 0.15) is 19.0 Å². The van der Waals surface area contributed by atoms with Crippen molar-refractivity contribution in [2.24, 2.45) is 0 Å². The molecule has 2 saturated heterocycles. The van der Waals surface area contributed by atoms with Gasteiger partial charge in [-0.15, -0.1) is 11.3 Å². The quantitative estimate of drug-likeness (QED) is 0.358. The van der Waals surface area contributed by atoms with Gasteiger partial charge in [0, 0.05) is 57.3 Å². The molecule has 11 heteroatoms. The molecule has 0 unspecified atom stereocenters. The van der Waals surface area contributed by atoms with Crippen LogP contribution in [-0.2, 0) is 11.2 Å². The minimum Gasteiger partial charge on any atom is -0.353 e. The Bertz CT molecular complexity index is 1440. The lowest BCUT2D eigenvalue weighted by molar-refractivity contribution is -0.135. The number of aromatic nitrogens is 4. The summed E-state index contributed by atoms with van der Waals surface area (Å²) >= 11 is 1.55. The average molecular weight is 535 g/mol. The predicted octanol–water partition coefficient (Wildman–Crippen LogP) is 3.68. The number of carbonyl (C=O) groups is 1. The van der Waals surface area contributed by atoms with Crippen molar-refractivity contribution >= 4 is 39.7 Å². The van der Waals surface area contributed by atoms with E-state index in [1.807, 2.05) is 23.5 Å². The van der Waals surface area contributed by atoms with E-state index in [0.717, 1.165) is 91.5 Å². The van der Waals surface area contributed by atoms with Crippen molar-refractivity contribution in [2.45, 2.75) is 19.8 Å². The molecule has 0 radical (unpaired) electrons. The first kappa shape index (κ1) is 24.7. The van der Waals surface area contributed by atoms with Gasteiger partial charge in [0.05, 0.1) is 30.3 Å². The molecule has 198 valence electrons. The molecule has 0 spiro atoms. The molecule has 38 heavy (non-hydrogen) atoms. The van der Waals surface area contributed by atoms with E-state index in [1.54, 1.807) is 23.5 Å². The second-order valence-corrected chi connectivity index (χ2v) is 10.6. The van der Waals surface area contributed by atoms with Crippen LogP contribution in [0.3, 0.4) is 0 Å². The van der Waals surface area contributed by atoms with E-state index in [4.69, 9.17) is 15.0 Å². The number of nitrogens with zero attached hydrogens (tertiary/aromatic N) is 8. The molecule has 5 heterocycles. The fourth-order valence-corrected chi connectivity index (χ4v) is 5.79. The third kappa shape index (κ3) is 4.71. The van der Waals surface area contributed by atoms with Gasteiger partial charge in [-0.3, -0.25) is 14.1 Å². The van der Waals surface area contributed by atoms with E-state index in [0.29, 0.717) is 6.54 Å². The number of rotatable bonds is 7. The van der Waals surface area contributed by atoms with Crippen molar-refractivity contribution in [3.63, 3.8) is 0 Å². The van der Waals surface area contributed by atoms with Crippen LogP contribution in [-0.4, -0.2) is 87.9 Å². The van der Waals surface area contributed by atoms with Crippen molar-refractivity contribution in [3.05, 3.63) is 53.6 Å². The first-order valence-electron chi connectivity index (χ1n) is 13.1. The molecule has 1 amide bonds. The van der Waals surface area contributed by atoms with Gasteiger partial charge in [-0.2, -0.15) is 0 Å². The van der Waals surface area contributed by atoms with Crippen LogP contribution < -0.4 is 9.80 Å². The Morgan fingerprint density at radius 2 is 1.84 bits per heavy atom. The van der Waals surface area contributed by atoms with Crippen LogP contribution in [0.25, 0.3) is 16.9 Å². The van der Waals surface area contributed by atoms with Gasteiger partial charge in [0.1, 0.15) is 17.5 Å². The molecule has 2 fully saturated rings. The Morgan fingerprint density at radius 3 is 2.53 bits per heavy atom. The van der Waals surface area contributed by atoms with Gasteiger partial charge < -0.3 is 14.7 Å². The number of fused-ring (bicyclic) bond motifs is 1. The highest BCUT2D eigenvalue weighted by Crippen LogP contribution is 2.34. The Hall–Kier alpha value is -3.57. The van der Waals surface area contributed by atoms with E-state index in [1.165, 1.54) is 12.1 Å². The van der Waals surface area contributed by atoms with Crippen LogP contribution >= 0.6 is 11.3 Å². The van der Waals surface area contributed by atoms with Crippen molar-refractivity contribution in [1.29, 1.82) is 0 Å². The Kier molecular flexibility index (Phi) is 6.71. The minimum atomic E-state index is -0.259. The lowest BCUT2D eigenvalue weighted by atomic mass is 10.2. The Balaban J connectivity index is 1.22. The second kappa shape index (κ2) is 10.3. The zero-order valence-electron chi connectivity index (χ0n) is 21.7. The summed E-state index contributed by atoms with van der Waals surface area (Å²) in [6.07, 6.45) is 5.79. The molecular weight excluding hydrogens is 503 g/mol. The second-order valence-electron chi connectivity index (χ2n) is 9.79. The van der Waals surface area contributed by atoms with E-state index in [2.05, 4.69) is 32.2 Å². The average Bonchev–Trinajstić information content (AvgIpc) is 3.53. The molecule has 0 aliphatic carbocycles. The van der Waals surface area contributed by atoms with Gasteiger partial charge in [-0.1, -0.05) is 6.92 Å². The summed E-state index contributed by atoms with van der Waals surface area (Å²) in [7, 11) is 2.00. The van der Waals surface area contributed by atoms with Gasteiger partial charge in [0.2, 0.25) is 5.91 Å². The van der Waals surface area contributed by atoms with Crippen molar-refractivity contribution in [3.8, 4) is 11.3 Å². The molecule has 0 atom stereocenters. The standard InChI is InChI=1S/C27H31FN8OS/c1-3-21-26(32(2)27-31-22(18-38-27)19-5-7-20(28)8-6-19)36-16-24(29-15-23(36)30-21)34-13-11-33(12-14-34)17-25(37)35-9-4-10-35/h5-8,15-16,18H,3-4,9-14,17H2,1-2H3. The van der Waals surface area contributed by atoms with Crippen molar-refractivity contribution in [2.75, 3.05) is 62.7 Å². The predicted molar refractivity (Wildman–Crippen MR) is 148 cm³/mol. The number of imidazole rings is 1. The van der Waals surface area contributed by atoms with Crippen LogP contribution in [0.15, 0.2) is 42.0 Å². The van der Waals surface area contributed by atoms with E-state index in [9.17, 15) is 9.18 Å². The molecular formula is C27H31FN8OS. The Labute approximate surface area is 225 Å². The van der Waals surface area contributed by atoms with Crippen molar-refractivity contribution in [1.82, 2.24) is 29.2 Å². The number of likely N-dealkylation sites (tertiary alicyclic amines) is 1. The van der Waals surface area contributed by atoms with Crippen LogP contribution in [0.4, 0.5) is 21.2 Å². The molecule has 2 aliphatic heterocycles. The van der Waals surface area contributed by atoms with Gasteiger partial charge >= 0.3 is 0 Å². The number of benzene rings is 1. The number of aryl methyl sites for hydroxylation is 1. The van der Waals surface area contributed by atoms with Crippen LogP contribution in [0, 0.1) is 5.82 Å². The summed E-state index contributed by atoms with van der Waals surface area (Å²) in [5.41, 5.74) is 3.46. The summed E-state index contributed by atoms with van der Waals surface area (Å²) < 4.78 is 15.5. The summed E-state index contributed by atoms with van der Waals surface area (Å²) in [5.74, 6) is 1.84. The number of thiazole rings is 1. The maximum absolute atomic E-state index is 13.4. The third-order valence-corrected chi connectivity index (χ3v) is 8.29. The topological polar surface area (TPSA) is 73.1 Å². The number of anilines is 3. The fourth-order valence-electron chi connectivity index (χ4n) is 4.99. The lowest BCUT2D eigenvalue weighted by Crippen LogP contribution is -2.52. The summed E-state index contributed by atoms with van der Waals surface area (Å²) in [6.45, 7) is 7.71. The molecule has 0 saturated carbocycles. The number of carbonyl (C=O) groups excluding carboxylic acids is 1. The zero-order valence-corrected chi connectivity index (χ0v) is 22.5. The molecule has 3 aromatic heterocycles. The SMILES string of the molecule is CCc1nc2cnc(N3CCN(CC(=O)N4CCC4)CC3)cn2c1N(C)c1nc(-c2ccc(F)cc2)cs1. The fraction of sp³-hybridized carbons (Fsp3) is 0.407. The van der Waals surface area contributed by atoms with Gasteiger partial charge in [-0.05, 0) is 37.1 Å². The molecule has 6 rings (SSSR count). The molecule has 2 aliphatic rings. The van der Waals surface area contributed by atoms with Crippen molar-refractivity contribution < 1.29 is 9.18 Å². The summed E-state index contributed by atoms with van der Waals surface area (Å²) in [5, 5.41) is 2.83. The number of halogens is 1. The zero-order chi connectivity index (χ0) is 26.2. The number of amides is 1. The maximum Gasteiger partial charge on any atom is 0.236 e. The Morgan fingerprint density at radius 1 is 1.08 bits per heavy atom. The van der Waals surface area contributed by atoms with Gasteiger partial charge in [-0.25, -0.2) is 19.3 Å². The van der Waals surface area contributed by atoms with E-state index < -0.39 is 0 Å². The van der Waals surface area contributed by atoms with Crippen LogP contribution in [0.2, 0.25) is 0 Å². The molecule has 1 aromatic carbocycles. The van der Waals surface area contributed by atoms with Gasteiger partial charge in [0.15, 0.2) is 10.8 Å². The maximum atomic E-state index is 13.4. The summed E-state index contributed by atoms with van der Waals surface area (Å²) in [6, 6.07) is 6.41. The molecule has 9 nitrogen and oxygen atoms in total. The first-order valence-corrected chi connectivity index (χ1v) is 14.0. The summed E-state index contributed by atoms with van der Waals surface area (Å²) in [4.78, 5) is 35.3. The smallest absolute Gasteiger partial charge is 0.236 e. The molecule has 0 N–H and O–H groups in total. The van der Waals surface area contributed by atoms with E-state index in [-0.39, 0.29) is 11.7 Å². The highest BCUT2D eigenvalue weighted by molar-refractivity contribution is 7.14. The molecule has 0 bridgehead atoms. The first-order chi connectivity index (χ1) is 18.5. The largest absolute Gasteiger partial charge is 0.353 e. The number of hydrogen-bond donors (Lipinski definition) is 0. The number of piperazine rings is 1. The normalized spacial score (nSPS) is 16.2. The highest BCUT2D eigenvalue weighted by atomic mass is 32.1. The monoisotopic (exact) mass is 534 g/mol. The molecule has 4 aromatic rings. The van der Waals surface area contributed by atoms with E-state index >= 15 is 0 Å². The third-order valence-electron chi connectivity index (χ3n) is 7.37.